The Morgan fingerprint density at radius 3 is 2.12 bits per heavy atom. The normalized spacial score (nSPS) is 17.5. The van der Waals surface area contributed by atoms with Crippen molar-refractivity contribution in [1.82, 2.24) is 0 Å². The fraction of sp³-hybridized carbons (Fsp3) is 0.455. The van der Waals surface area contributed by atoms with Crippen molar-refractivity contribution in [2.24, 2.45) is 0 Å². The lowest BCUT2D eigenvalue weighted by Crippen LogP contribution is -2.64. The number of unbranched alkanes of at least 4 members (excludes halogenated alkanes) is 2. The molecule has 0 amide bonds. The van der Waals surface area contributed by atoms with Gasteiger partial charge in [0.05, 0.1) is 12.7 Å². The standard InChI is InChI=1S/C22H30O3Si/c1-2-3-10-18-24-26(21-13-6-4-7-14-21,22-15-8-5-9-16-22)25-19-20-12-11-17-23-20/h4-9,13-16,20H,2-3,10-12,17-19H2,1H3. The van der Waals surface area contributed by atoms with Gasteiger partial charge in [-0.25, -0.2) is 0 Å². The zero-order valence-corrected chi connectivity index (χ0v) is 16.7. The van der Waals surface area contributed by atoms with Crippen LogP contribution in [0.25, 0.3) is 0 Å². The molecule has 1 heterocycles. The summed E-state index contributed by atoms with van der Waals surface area (Å²) in [5.74, 6) is 0. The number of hydrogen-bond acceptors (Lipinski definition) is 3. The van der Waals surface area contributed by atoms with Crippen molar-refractivity contribution >= 4 is 18.9 Å². The van der Waals surface area contributed by atoms with Gasteiger partial charge in [-0.05, 0) is 29.6 Å². The first kappa shape index (κ1) is 19.3. The zero-order chi connectivity index (χ0) is 18.1. The predicted octanol–water partition coefficient (Wildman–Crippen LogP) is 3.65. The summed E-state index contributed by atoms with van der Waals surface area (Å²) >= 11 is 0. The van der Waals surface area contributed by atoms with E-state index in [9.17, 15) is 0 Å². The second-order valence-electron chi connectivity index (χ2n) is 6.85. The van der Waals surface area contributed by atoms with Crippen LogP contribution in [0.1, 0.15) is 39.0 Å². The van der Waals surface area contributed by atoms with Crippen molar-refractivity contribution < 1.29 is 13.6 Å². The van der Waals surface area contributed by atoms with E-state index in [0.29, 0.717) is 6.61 Å². The van der Waals surface area contributed by atoms with Crippen LogP contribution < -0.4 is 10.4 Å². The summed E-state index contributed by atoms with van der Waals surface area (Å²) in [4.78, 5) is 0. The van der Waals surface area contributed by atoms with Gasteiger partial charge in [0, 0.05) is 13.2 Å². The van der Waals surface area contributed by atoms with Crippen molar-refractivity contribution in [2.75, 3.05) is 19.8 Å². The highest BCUT2D eigenvalue weighted by Gasteiger charge is 2.43. The Morgan fingerprint density at radius 1 is 0.923 bits per heavy atom. The molecule has 1 aliphatic rings. The minimum atomic E-state index is -2.75. The zero-order valence-electron chi connectivity index (χ0n) is 15.7. The van der Waals surface area contributed by atoms with E-state index in [1.54, 1.807) is 0 Å². The fourth-order valence-electron chi connectivity index (χ4n) is 3.41. The highest BCUT2D eigenvalue weighted by Crippen LogP contribution is 2.17. The van der Waals surface area contributed by atoms with Gasteiger partial charge in [0.25, 0.3) is 0 Å². The molecule has 0 N–H and O–H groups in total. The Bertz CT molecular complexity index is 587. The van der Waals surface area contributed by atoms with Gasteiger partial charge in [0.2, 0.25) is 0 Å². The van der Waals surface area contributed by atoms with Crippen molar-refractivity contribution in [2.45, 2.75) is 45.1 Å². The third-order valence-electron chi connectivity index (χ3n) is 4.86. The van der Waals surface area contributed by atoms with Crippen LogP contribution in [-0.2, 0) is 13.6 Å². The molecule has 1 unspecified atom stereocenters. The van der Waals surface area contributed by atoms with E-state index >= 15 is 0 Å². The Morgan fingerprint density at radius 2 is 1.58 bits per heavy atom. The van der Waals surface area contributed by atoms with Crippen LogP contribution in [0.5, 0.6) is 0 Å². The molecule has 2 aromatic carbocycles. The minimum absolute atomic E-state index is 0.188. The molecule has 140 valence electrons. The third kappa shape index (κ3) is 4.83. The van der Waals surface area contributed by atoms with Crippen LogP contribution in [0.2, 0.25) is 0 Å². The van der Waals surface area contributed by atoms with E-state index in [2.05, 4.69) is 55.5 Å². The van der Waals surface area contributed by atoms with Gasteiger partial charge in [-0.3, -0.25) is 0 Å². The molecule has 1 saturated heterocycles. The average molecular weight is 371 g/mol. The quantitative estimate of drug-likeness (QED) is 0.472. The molecule has 0 radical (unpaired) electrons. The van der Waals surface area contributed by atoms with Crippen LogP contribution >= 0.6 is 0 Å². The molecule has 3 rings (SSSR count). The van der Waals surface area contributed by atoms with Gasteiger partial charge >= 0.3 is 8.56 Å². The molecule has 0 aromatic heterocycles. The van der Waals surface area contributed by atoms with Gasteiger partial charge in [-0.2, -0.15) is 0 Å². The molecule has 0 spiro atoms. The molecule has 2 aromatic rings. The van der Waals surface area contributed by atoms with Crippen molar-refractivity contribution in [3.63, 3.8) is 0 Å². The number of benzene rings is 2. The molecular formula is C22H30O3Si. The largest absolute Gasteiger partial charge is 0.407 e. The lowest BCUT2D eigenvalue weighted by Gasteiger charge is -2.32. The topological polar surface area (TPSA) is 27.7 Å². The monoisotopic (exact) mass is 370 g/mol. The lowest BCUT2D eigenvalue weighted by atomic mass is 10.2. The van der Waals surface area contributed by atoms with Gasteiger partial charge < -0.3 is 13.6 Å². The maximum atomic E-state index is 6.66. The van der Waals surface area contributed by atoms with Crippen LogP contribution in [0.4, 0.5) is 0 Å². The molecule has 3 nitrogen and oxygen atoms in total. The van der Waals surface area contributed by atoms with E-state index in [1.807, 2.05) is 12.1 Å². The van der Waals surface area contributed by atoms with Crippen molar-refractivity contribution in [1.29, 1.82) is 0 Å². The van der Waals surface area contributed by atoms with Gasteiger partial charge in [0.15, 0.2) is 0 Å². The Labute approximate surface area is 158 Å². The summed E-state index contributed by atoms with van der Waals surface area (Å²) in [6.45, 7) is 4.39. The fourth-order valence-corrected chi connectivity index (χ4v) is 6.61. The number of ether oxygens (including phenoxy) is 1. The molecule has 0 saturated carbocycles. The Kier molecular flexibility index (Phi) is 7.44. The molecule has 1 atom stereocenters. The minimum Gasteiger partial charge on any atom is -0.388 e. The first-order valence-electron chi connectivity index (χ1n) is 9.85. The molecule has 1 fully saturated rings. The molecule has 4 heteroatoms. The van der Waals surface area contributed by atoms with Gasteiger partial charge in [0.1, 0.15) is 0 Å². The van der Waals surface area contributed by atoms with E-state index in [1.165, 1.54) is 23.2 Å². The van der Waals surface area contributed by atoms with Crippen LogP contribution in [0.3, 0.4) is 0 Å². The van der Waals surface area contributed by atoms with Gasteiger partial charge in [-0.15, -0.1) is 0 Å². The molecular weight excluding hydrogens is 340 g/mol. The second-order valence-corrected chi connectivity index (χ2v) is 9.82. The lowest BCUT2D eigenvalue weighted by molar-refractivity contribution is 0.0535. The summed E-state index contributed by atoms with van der Waals surface area (Å²) in [5, 5.41) is 2.33. The van der Waals surface area contributed by atoms with Crippen LogP contribution in [0.15, 0.2) is 60.7 Å². The highest BCUT2D eigenvalue weighted by molar-refractivity contribution is 6.92. The summed E-state index contributed by atoms with van der Waals surface area (Å²) in [6.07, 6.45) is 5.81. The molecule has 0 bridgehead atoms. The first-order chi connectivity index (χ1) is 12.8. The van der Waals surface area contributed by atoms with E-state index in [0.717, 1.165) is 32.5 Å². The Hall–Kier alpha value is -1.46. The third-order valence-corrected chi connectivity index (χ3v) is 8.23. The van der Waals surface area contributed by atoms with E-state index in [4.69, 9.17) is 13.6 Å². The SMILES string of the molecule is CCCCCO[Si](OCC1CCCO1)(c1ccccc1)c1ccccc1. The summed E-state index contributed by atoms with van der Waals surface area (Å²) in [7, 11) is -2.75. The van der Waals surface area contributed by atoms with Crippen molar-refractivity contribution in [3.05, 3.63) is 60.7 Å². The molecule has 26 heavy (non-hydrogen) atoms. The second kappa shape index (κ2) is 10.0. The average Bonchev–Trinajstić information content (AvgIpc) is 3.23. The molecule has 0 aliphatic carbocycles. The van der Waals surface area contributed by atoms with Gasteiger partial charge in [-0.1, -0.05) is 80.4 Å². The highest BCUT2D eigenvalue weighted by atomic mass is 28.4. The molecule has 1 aliphatic heterocycles. The predicted molar refractivity (Wildman–Crippen MR) is 108 cm³/mol. The summed E-state index contributed by atoms with van der Waals surface area (Å²) in [5.41, 5.74) is 0. The maximum absolute atomic E-state index is 6.66. The first-order valence-corrected chi connectivity index (χ1v) is 11.7. The summed E-state index contributed by atoms with van der Waals surface area (Å²) in [6, 6.07) is 21.0. The summed E-state index contributed by atoms with van der Waals surface area (Å²) < 4.78 is 19.1. The van der Waals surface area contributed by atoms with Crippen molar-refractivity contribution in [3.8, 4) is 0 Å². The van der Waals surface area contributed by atoms with E-state index < -0.39 is 8.56 Å². The number of rotatable bonds is 10. The van der Waals surface area contributed by atoms with E-state index in [-0.39, 0.29) is 6.10 Å². The Balaban J connectivity index is 1.89. The maximum Gasteiger partial charge on any atom is 0.407 e. The smallest absolute Gasteiger partial charge is 0.388 e. The van der Waals surface area contributed by atoms with Crippen LogP contribution in [0, 0.1) is 0 Å². The number of hydrogen-bond donors (Lipinski definition) is 0. The van der Waals surface area contributed by atoms with Crippen LogP contribution in [-0.4, -0.2) is 34.5 Å².